The molecule has 3 nitrogen and oxygen atoms in total. The van der Waals surface area contributed by atoms with Crippen LogP contribution in [0.2, 0.25) is 0 Å². The van der Waals surface area contributed by atoms with E-state index in [0.29, 0.717) is 18.9 Å². The Labute approximate surface area is 193 Å². The maximum atomic E-state index is 14.3. The molecule has 2 N–H and O–H groups in total. The van der Waals surface area contributed by atoms with E-state index in [1.807, 2.05) is 13.0 Å². The van der Waals surface area contributed by atoms with Gasteiger partial charge in [-0.15, -0.1) is 0 Å². The minimum Gasteiger partial charge on any atom is -0.389 e. The van der Waals surface area contributed by atoms with E-state index >= 15 is 0 Å². The molecule has 1 aliphatic carbocycles. The molecule has 0 aromatic heterocycles. The minimum atomic E-state index is -0.604. The number of hydrogen-bond donors (Lipinski definition) is 2. The zero-order chi connectivity index (χ0) is 23.1. The molecule has 3 rings (SSSR count). The first-order valence-electron chi connectivity index (χ1n) is 12.2. The van der Waals surface area contributed by atoms with Gasteiger partial charge in [0.2, 0.25) is 0 Å². The molecular weight excluding hydrogens is 401 g/mol. The molecule has 176 valence electrons. The van der Waals surface area contributed by atoms with Crippen LogP contribution in [-0.4, -0.2) is 29.9 Å². The van der Waals surface area contributed by atoms with Gasteiger partial charge < -0.3 is 15.2 Å². The van der Waals surface area contributed by atoms with Crippen LogP contribution in [-0.2, 0) is 24.0 Å². The van der Waals surface area contributed by atoms with Crippen molar-refractivity contribution in [1.29, 1.82) is 0 Å². The van der Waals surface area contributed by atoms with E-state index in [9.17, 15) is 9.50 Å². The second kappa shape index (κ2) is 11.4. The van der Waals surface area contributed by atoms with E-state index in [0.717, 1.165) is 43.2 Å². The third-order valence-electron chi connectivity index (χ3n) is 6.61. The molecule has 0 saturated heterocycles. The van der Waals surface area contributed by atoms with Crippen LogP contribution < -0.4 is 5.32 Å². The fourth-order valence-corrected chi connectivity index (χ4v) is 5.09. The van der Waals surface area contributed by atoms with Crippen molar-refractivity contribution >= 4 is 0 Å². The summed E-state index contributed by atoms with van der Waals surface area (Å²) in [4.78, 5) is 0. The number of aliphatic hydroxyl groups excluding tert-OH is 1. The highest BCUT2D eigenvalue weighted by atomic mass is 19.1. The van der Waals surface area contributed by atoms with Crippen molar-refractivity contribution in [3.8, 4) is 0 Å². The summed E-state index contributed by atoms with van der Waals surface area (Å²) in [7, 11) is 0. The first-order chi connectivity index (χ1) is 15.3. The van der Waals surface area contributed by atoms with Gasteiger partial charge in [0.05, 0.1) is 18.8 Å². The van der Waals surface area contributed by atoms with Crippen molar-refractivity contribution < 1.29 is 14.2 Å². The molecule has 4 heteroatoms. The van der Waals surface area contributed by atoms with Crippen LogP contribution >= 0.6 is 0 Å². The Morgan fingerprint density at radius 3 is 2.41 bits per heavy atom. The number of hydrogen-bond acceptors (Lipinski definition) is 3. The monoisotopic (exact) mass is 441 g/mol. The van der Waals surface area contributed by atoms with Crippen LogP contribution in [0.1, 0.15) is 75.3 Å². The fourth-order valence-electron chi connectivity index (χ4n) is 5.09. The Morgan fingerprint density at radius 1 is 1.09 bits per heavy atom. The predicted octanol–water partition coefficient (Wildman–Crippen LogP) is 5.78. The highest BCUT2D eigenvalue weighted by Gasteiger charge is 2.28. The summed E-state index contributed by atoms with van der Waals surface area (Å²) in [6, 6.07) is 14.0. The molecule has 1 aliphatic rings. The summed E-state index contributed by atoms with van der Waals surface area (Å²) >= 11 is 0. The van der Waals surface area contributed by atoms with Crippen molar-refractivity contribution in [2.75, 3.05) is 13.2 Å². The quantitative estimate of drug-likeness (QED) is 0.439. The lowest BCUT2D eigenvalue weighted by atomic mass is 9.88. The van der Waals surface area contributed by atoms with Crippen LogP contribution in [0, 0.1) is 11.7 Å². The van der Waals surface area contributed by atoms with Gasteiger partial charge in [-0.05, 0) is 80.2 Å². The smallest absolute Gasteiger partial charge is 0.126 e. The minimum absolute atomic E-state index is 0.0608. The molecule has 0 bridgehead atoms. The van der Waals surface area contributed by atoms with Gasteiger partial charge in [-0.25, -0.2) is 4.39 Å². The number of fused-ring (bicyclic) bond motifs is 1. The number of benzene rings is 2. The van der Waals surface area contributed by atoms with Crippen molar-refractivity contribution in [3.63, 3.8) is 0 Å². The van der Waals surface area contributed by atoms with E-state index in [1.165, 1.54) is 17.2 Å². The molecule has 0 unspecified atom stereocenters. The predicted molar refractivity (Wildman–Crippen MR) is 129 cm³/mol. The molecule has 0 spiro atoms. The number of aliphatic hydroxyl groups is 1. The molecule has 2 atom stereocenters. The number of halogens is 1. The van der Waals surface area contributed by atoms with Crippen molar-refractivity contribution in [2.24, 2.45) is 5.92 Å². The summed E-state index contributed by atoms with van der Waals surface area (Å²) in [5.41, 5.74) is 4.55. The van der Waals surface area contributed by atoms with Gasteiger partial charge in [-0.3, -0.25) is 0 Å². The van der Waals surface area contributed by atoms with E-state index in [4.69, 9.17) is 4.74 Å². The van der Waals surface area contributed by atoms with Gasteiger partial charge in [0.15, 0.2) is 0 Å². The maximum Gasteiger partial charge on any atom is 0.126 e. The Kier molecular flexibility index (Phi) is 8.87. The highest BCUT2D eigenvalue weighted by molar-refractivity contribution is 5.32. The average Bonchev–Trinajstić information content (AvgIpc) is 3.16. The zero-order valence-corrected chi connectivity index (χ0v) is 20.2. The van der Waals surface area contributed by atoms with Crippen molar-refractivity contribution in [3.05, 3.63) is 70.5 Å². The van der Waals surface area contributed by atoms with Gasteiger partial charge in [0.25, 0.3) is 0 Å². The topological polar surface area (TPSA) is 41.5 Å². The van der Waals surface area contributed by atoms with Crippen molar-refractivity contribution in [1.82, 2.24) is 5.32 Å². The van der Waals surface area contributed by atoms with E-state index in [-0.39, 0.29) is 24.1 Å². The normalized spacial score (nSPS) is 16.2. The van der Waals surface area contributed by atoms with Gasteiger partial charge in [0, 0.05) is 12.1 Å². The lowest BCUT2D eigenvalue weighted by Crippen LogP contribution is -2.45. The first-order valence-corrected chi connectivity index (χ1v) is 12.2. The summed E-state index contributed by atoms with van der Waals surface area (Å²) < 4.78 is 20.4. The zero-order valence-electron chi connectivity index (χ0n) is 20.2. The number of rotatable bonds is 12. The molecule has 0 saturated carbocycles. The third kappa shape index (κ3) is 6.63. The van der Waals surface area contributed by atoms with E-state index in [1.54, 1.807) is 6.07 Å². The van der Waals surface area contributed by atoms with Gasteiger partial charge in [-0.2, -0.15) is 0 Å². The molecule has 0 amide bonds. The molecule has 0 aliphatic heterocycles. The van der Waals surface area contributed by atoms with Crippen LogP contribution in [0.15, 0.2) is 42.5 Å². The molecule has 2 aromatic carbocycles. The largest absolute Gasteiger partial charge is 0.389 e. The standard InChI is InChI=1S/C28H40FNO2/c1-5-10-24-25(13-9-14-26(24)29)27(6-2)32-19-23(31)18-30-28(3,4)17-20-15-21-11-7-8-12-22(21)16-20/h7-9,11-14,20,23,27,30-31H,5-6,10,15-19H2,1-4H3/t23-,27-/m1/s1. The molecule has 0 fully saturated rings. The van der Waals surface area contributed by atoms with Crippen molar-refractivity contribution in [2.45, 2.75) is 84.0 Å². The Morgan fingerprint density at radius 2 is 1.78 bits per heavy atom. The first kappa shape index (κ1) is 24.9. The number of nitrogens with one attached hydrogen (secondary N) is 1. The van der Waals surface area contributed by atoms with E-state index < -0.39 is 6.10 Å². The summed E-state index contributed by atoms with van der Waals surface area (Å²) in [6.07, 6.45) is 4.87. The Hall–Kier alpha value is -1.75. The number of ether oxygens (including phenoxy) is 1. The second-order valence-electron chi connectivity index (χ2n) is 9.95. The highest BCUT2D eigenvalue weighted by Crippen LogP contribution is 2.32. The van der Waals surface area contributed by atoms with Gasteiger partial charge in [-0.1, -0.05) is 56.7 Å². The summed E-state index contributed by atoms with van der Waals surface area (Å²) in [5, 5.41) is 14.1. The third-order valence-corrected chi connectivity index (χ3v) is 6.61. The van der Waals surface area contributed by atoms with E-state index in [2.05, 4.69) is 50.4 Å². The Bertz CT molecular complexity index is 841. The molecule has 32 heavy (non-hydrogen) atoms. The SMILES string of the molecule is CCCc1c(F)cccc1[C@@H](CC)OC[C@H](O)CNC(C)(C)CC1Cc2ccccc2C1. The van der Waals surface area contributed by atoms with Crippen LogP contribution in [0.4, 0.5) is 4.39 Å². The maximum absolute atomic E-state index is 14.3. The average molecular weight is 442 g/mol. The molecule has 0 heterocycles. The lowest BCUT2D eigenvalue weighted by Gasteiger charge is -2.31. The van der Waals surface area contributed by atoms with Crippen LogP contribution in [0.25, 0.3) is 0 Å². The lowest BCUT2D eigenvalue weighted by molar-refractivity contribution is -0.0141. The van der Waals surface area contributed by atoms with Crippen LogP contribution in [0.5, 0.6) is 0 Å². The molecule has 2 aromatic rings. The van der Waals surface area contributed by atoms with Gasteiger partial charge >= 0.3 is 0 Å². The van der Waals surface area contributed by atoms with Gasteiger partial charge in [0.1, 0.15) is 5.82 Å². The molecule has 0 radical (unpaired) electrons. The number of β-amino-alcohol motifs (C(OH)–C–C–N with tert-alkyl or cyclic N) is 1. The summed E-state index contributed by atoms with van der Waals surface area (Å²) in [6.45, 7) is 9.23. The van der Waals surface area contributed by atoms with Crippen LogP contribution in [0.3, 0.4) is 0 Å². The second-order valence-corrected chi connectivity index (χ2v) is 9.95. The molecular formula is C28H40FNO2. The Balaban J connectivity index is 1.48. The summed E-state index contributed by atoms with van der Waals surface area (Å²) in [5.74, 6) is 0.474. The fraction of sp³-hybridized carbons (Fsp3) is 0.571.